The maximum absolute atomic E-state index is 9.12. The predicted molar refractivity (Wildman–Crippen MR) is 396 cm³/mol. The molecule has 0 aliphatic heterocycles. The number of rotatable bonds is 7. The van der Waals surface area contributed by atoms with Gasteiger partial charge in [0.2, 0.25) is 0 Å². The standard InChI is InChI=1S/C44H26N4.C37H22ClN3.C7H5BNO2/c45-27-28-13-15-29(16-14-28)30-17-21-33(22-18-30)48-46-42-24-20-32(26-43(42)47-48)31-19-23-37-36-9-3-6-12-40(36)44(41(37)25-31)38-10-4-1-7-34(38)35-8-2-5-11-39(35)44;38-25-15-17-26(18-16-25)41-39-35-20-14-24(22-36(35)40-41)23-13-19-30-29-9-3-6-12-33(29)37(34(30)21-23)31-10-4-1-7-27(31)28-8-2-5-11-32(28)37;9-5-6-1-3-7(4-2-6)11-8-10/h1-26H;1-22H;1-4,10H. The molecular weight excluding hydrogens is 1250 g/mol. The minimum absolute atomic E-state index is 0.350. The number of halogens is 1. The Hall–Kier alpha value is -13.0. The number of hydrogen-bond acceptors (Lipinski definition) is 8. The summed E-state index contributed by atoms with van der Waals surface area (Å²) in [5.74, 6) is 0.506. The molecule has 20 rings (SSSR count). The lowest BCUT2D eigenvalue weighted by atomic mass is 9.70. The smallest absolute Gasteiger partial charge is 0.537 e. The van der Waals surface area contributed by atoms with Gasteiger partial charge in [-0.3, -0.25) is 0 Å². The van der Waals surface area contributed by atoms with Crippen molar-refractivity contribution in [1.82, 2.24) is 30.0 Å². The highest BCUT2D eigenvalue weighted by Gasteiger charge is 2.53. The van der Waals surface area contributed by atoms with Gasteiger partial charge in [0.1, 0.15) is 27.8 Å². The van der Waals surface area contributed by atoms with Crippen LogP contribution in [0.3, 0.4) is 0 Å². The Morgan fingerprint density at radius 2 is 0.600 bits per heavy atom. The number of aromatic nitrogens is 6. The third-order valence-corrected chi connectivity index (χ3v) is 20.3. The highest BCUT2D eigenvalue weighted by molar-refractivity contribution is 6.30. The third-order valence-electron chi connectivity index (χ3n) is 20.1. The fourth-order valence-electron chi connectivity index (χ4n) is 15.7. The second kappa shape index (κ2) is 24.0. The zero-order valence-electron chi connectivity index (χ0n) is 53.4. The van der Waals surface area contributed by atoms with Crippen molar-refractivity contribution in [3.05, 3.63) is 376 Å². The molecule has 2 spiro atoms. The molecule has 467 valence electrons. The molecule has 2 aromatic heterocycles. The average Bonchev–Trinajstić information content (AvgIpc) is 1.52. The minimum atomic E-state index is -0.369. The van der Waals surface area contributed by atoms with Crippen molar-refractivity contribution in [3.8, 4) is 107 Å². The monoisotopic (exact) mass is 1300 g/mol. The van der Waals surface area contributed by atoms with Gasteiger partial charge in [0.05, 0.1) is 45.5 Å². The first kappa shape index (κ1) is 59.5. The third kappa shape index (κ3) is 9.44. The van der Waals surface area contributed by atoms with E-state index in [9.17, 15) is 0 Å². The second-order valence-corrected chi connectivity index (χ2v) is 25.7. The lowest BCUT2D eigenvalue weighted by molar-refractivity contribution is 0.454. The average molecular weight is 1300 g/mol. The van der Waals surface area contributed by atoms with Gasteiger partial charge in [0.25, 0.3) is 0 Å². The highest BCUT2D eigenvalue weighted by atomic mass is 35.5. The molecule has 0 fully saturated rings. The number of benzene rings is 14. The Bertz CT molecular complexity index is 5920. The summed E-state index contributed by atoms with van der Waals surface area (Å²) in [6.45, 7) is 0. The quantitative estimate of drug-likeness (QED) is 0.156. The fourth-order valence-corrected chi connectivity index (χ4v) is 15.9. The van der Waals surface area contributed by atoms with Crippen molar-refractivity contribution in [2.75, 3.05) is 0 Å². The fraction of sp³-hybridized carbons (Fsp3) is 0.0227. The van der Waals surface area contributed by atoms with Gasteiger partial charge in [0, 0.05) is 5.02 Å². The molecule has 100 heavy (non-hydrogen) atoms. The second-order valence-electron chi connectivity index (χ2n) is 25.3. The Labute approximate surface area is 582 Å². The van der Waals surface area contributed by atoms with Gasteiger partial charge < -0.3 is 9.68 Å². The molecule has 14 aromatic carbocycles. The molecule has 1 N–H and O–H groups in total. The van der Waals surface area contributed by atoms with Crippen LogP contribution < -0.4 is 4.65 Å². The summed E-state index contributed by atoms with van der Waals surface area (Å²) >= 11 is 6.09. The minimum Gasteiger partial charge on any atom is -0.537 e. The van der Waals surface area contributed by atoms with Crippen LogP contribution in [0.4, 0.5) is 0 Å². The molecule has 4 aliphatic carbocycles. The summed E-state index contributed by atoms with van der Waals surface area (Å²) in [5.41, 5.74) is 33.6. The first-order valence-electron chi connectivity index (χ1n) is 32.9. The van der Waals surface area contributed by atoms with Gasteiger partial charge in [0.15, 0.2) is 0 Å². The Morgan fingerprint density at radius 1 is 0.310 bits per heavy atom. The van der Waals surface area contributed by atoms with E-state index >= 15 is 0 Å². The van der Waals surface area contributed by atoms with Crippen LogP contribution in [-0.2, 0) is 10.8 Å². The van der Waals surface area contributed by atoms with Crippen LogP contribution in [0.15, 0.2) is 315 Å². The van der Waals surface area contributed by atoms with Crippen molar-refractivity contribution in [3.63, 3.8) is 0 Å². The van der Waals surface area contributed by atoms with Gasteiger partial charge in [-0.05, 0) is 232 Å². The first-order chi connectivity index (χ1) is 49.3. The van der Waals surface area contributed by atoms with Crippen molar-refractivity contribution in [2.45, 2.75) is 10.8 Å². The van der Waals surface area contributed by atoms with Crippen LogP contribution in [0.1, 0.15) is 55.6 Å². The van der Waals surface area contributed by atoms with Crippen LogP contribution >= 0.6 is 11.6 Å². The maximum atomic E-state index is 9.12. The number of fused-ring (bicyclic) bond motifs is 22. The molecule has 16 aromatic rings. The maximum Gasteiger partial charge on any atom is 0.569 e. The number of hydrogen-bond donors (Lipinski definition) is 1. The van der Waals surface area contributed by atoms with Crippen LogP contribution in [0, 0.1) is 22.7 Å². The topological polar surface area (TPSA) is 138 Å². The summed E-state index contributed by atoms with van der Waals surface area (Å²) in [5, 5.41) is 45.7. The molecule has 0 atom stereocenters. The Kier molecular flexibility index (Phi) is 14.2. The summed E-state index contributed by atoms with van der Waals surface area (Å²) in [6.07, 6.45) is 0. The molecule has 4 aliphatic rings. The molecule has 2 heterocycles. The highest BCUT2D eigenvalue weighted by Crippen LogP contribution is 2.65. The Morgan fingerprint density at radius 3 is 0.960 bits per heavy atom. The van der Waals surface area contributed by atoms with E-state index < -0.39 is 0 Å². The van der Waals surface area contributed by atoms with Gasteiger partial charge in [-0.2, -0.15) is 20.1 Å². The number of nitrogens with zero attached hydrogens (tertiary/aromatic N) is 8. The van der Waals surface area contributed by atoms with Crippen molar-refractivity contribution in [2.24, 2.45) is 0 Å². The van der Waals surface area contributed by atoms with E-state index in [4.69, 9.17) is 47.5 Å². The van der Waals surface area contributed by atoms with Crippen molar-refractivity contribution >= 4 is 41.4 Å². The molecule has 10 nitrogen and oxygen atoms in total. The molecule has 0 saturated carbocycles. The van der Waals surface area contributed by atoms with E-state index in [-0.39, 0.29) is 10.8 Å². The number of nitriles is 2. The van der Waals surface area contributed by atoms with Gasteiger partial charge in [-0.15, -0.1) is 20.4 Å². The van der Waals surface area contributed by atoms with E-state index in [1.807, 2.05) is 66.7 Å². The van der Waals surface area contributed by atoms with Gasteiger partial charge >= 0.3 is 7.69 Å². The van der Waals surface area contributed by atoms with E-state index in [1.54, 1.807) is 33.9 Å². The van der Waals surface area contributed by atoms with Crippen LogP contribution in [0.2, 0.25) is 5.02 Å². The predicted octanol–water partition coefficient (Wildman–Crippen LogP) is 19.5. The molecular formula is C88H53BClN8O2. The van der Waals surface area contributed by atoms with Crippen molar-refractivity contribution in [1.29, 1.82) is 10.5 Å². The molecule has 12 heteroatoms. The van der Waals surface area contributed by atoms with Crippen LogP contribution in [0.25, 0.3) is 111 Å². The zero-order valence-corrected chi connectivity index (χ0v) is 54.2. The van der Waals surface area contributed by atoms with E-state index in [1.165, 1.54) is 94.6 Å². The lowest BCUT2D eigenvalue weighted by Gasteiger charge is -2.30. The summed E-state index contributed by atoms with van der Waals surface area (Å²) in [7, 11) is 0.599. The molecule has 0 saturated heterocycles. The molecule has 1 radical (unpaired) electrons. The molecule has 0 unspecified atom stereocenters. The van der Waals surface area contributed by atoms with E-state index in [2.05, 4.69) is 241 Å². The van der Waals surface area contributed by atoms with Crippen molar-refractivity contribution < 1.29 is 9.68 Å². The van der Waals surface area contributed by atoms with Gasteiger partial charge in [-0.1, -0.05) is 218 Å². The molecule has 0 amide bonds. The largest absolute Gasteiger partial charge is 0.569 e. The van der Waals surface area contributed by atoms with Gasteiger partial charge in [-0.25, -0.2) is 0 Å². The van der Waals surface area contributed by atoms with E-state index in [0.717, 1.165) is 61.3 Å². The molecule has 0 bridgehead atoms. The van der Waals surface area contributed by atoms with E-state index in [0.29, 0.717) is 29.6 Å². The van der Waals surface area contributed by atoms with Crippen LogP contribution in [0.5, 0.6) is 5.75 Å². The summed E-state index contributed by atoms with van der Waals surface area (Å²) in [6, 6.07) is 114. The van der Waals surface area contributed by atoms with Crippen LogP contribution in [-0.4, -0.2) is 42.7 Å². The summed E-state index contributed by atoms with van der Waals surface area (Å²) in [4.78, 5) is 3.38. The lowest BCUT2D eigenvalue weighted by Crippen LogP contribution is -2.25. The summed E-state index contributed by atoms with van der Waals surface area (Å²) < 4.78 is 4.63. The Balaban J connectivity index is 0.000000126. The first-order valence-corrected chi connectivity index (χ1v) is 33.3. The zero-order chi connectivity index (χ0) is 67.1. The normalized spacial score (nSPS) is 12.8. The SMILES string of the molecule is Clc1ccc(-n2nc3ccc(-c4ccc5c(c4)C4(c6ccccc6-c6ccccc64)c4ccccc4-5)cc3n2)cc1.N#Cc1ccc(-c2ccc(-n3nc4ccc(-c5ccc6c(c5)C5(c7ccccc7-c7ccccc75)c5ccccc5-6)cc4n3)cc2)cc1.N#Cc1ccc(O[B]O)cc1.